The first-order valence-corrected chi connectivity index (χ1v) is 16.6. The Balaban J connectivity index is 0.00000417. The first kappa shape index (κ1) is 34.4. The summed E-state index contributed by atoms with van der Waals surface area (Å²) in [6, 6.07) is 38.6. The van der Waals surface area contributed by atoms with Crippen LogP contribution in [0.2, 0.25) is 0 Å². The molecule has 0 aliphatic heterocycles. The number of pyridine rings is 1. The zero-order chi connectivity index (χ0) is 33.8. The Morgan fingerprint density at radius 2 is 1.51 bits per heavy atom. The molecular weight excluding hydrogens is 784 g/mol. The first-order valence-electron chi connectivity index (χ1n) is 16.6. The molecule has 0 radical (unpaired) electrons. The second-order valence-electron chi connectivity index (χ2n) is 15.0. The van der Waals surface area contributed by atoms with Gasteiger partial charge >= 0.3 is 21.1 Å². The number of ether oxygens (including phenoxy) is 1. The third kappa shape index (κ3) is 6.87. The average Bonchev–Trinajstić information content (AvgIpc) is 3.52. The van der Waals surface area contributed by atoms with E-state index in [4.69, 9.17) is 14.8 Å². The van der Waals surface area contributed by atoms with E-state index >= 15 is 0 Å². The van der Waals surface area contributed by atoms with Crippen LogP contribution in [0.5, 0.6) is 11.5 Å². The molecule has 0 aliphatic carbocycles. The van der Waals surface area contributed by atoms with Crippen LogP contribution in [0.25, 0.3) is 44.4 Å². The van der Waals surface area contributed by atoms with Gasteiger partial charge in [-0.25, -0.2) is 4.98 Å². The van der Waals surface area contributed by atoms with Gasteiger partial charge in [0.25, 0.3) is 0 Å². The van der Waals surface area contributed by atoms with Gasteiger partial charge in [0.1, 0.15) is 5.82 Å². The van der Waals surface area contributed by atoms with Gasteiger partial charge in [-0.15, -0.1) is 35.7 Å². The topological polar surface area (TPSA) is 44.9 Å². The zero-order valence-corrected chi connectivity index (χ0v) is 31.7. The van der Waals surface area contributed by atoms with E-state index in [1.807, 2.05) is 48.1 Å². The molecule has 0 bridgehead atoms. The molecule has 0 N–H and O–H groups in total. The molecule has 0 saturated carbocycles. The van der Waals surface area contributed by atoms with E-state index in [1.165, 1.54) is 16.5 Å². The molecule has 0 fully saturated rings. The molecule has 7 rings (SSSR count). The summed E-state index contributed by atoms with van der Waals surface area (Å²) in [6.45, 7) is 17.7. The van der Waals surface area contributed by atoms with E-state index in [-0.39, 0.29) is 31.9 Å². The molecule has 0 unspecified atom stereocenters. The first-order chi connectivity index (χ1) is 22.9. The van der Waals surface area contributed by atoms with Gasteiger partial charge in [-0.3, -0.25) is 4.68 Å². The van der Waals surface area contributed by atoms with E-state index < -0.39 is 0 Å². The third-order valence-electron chi connectivity index (χ3n) is 8.84. The van der Waals surface area contributed by atoms with Crippen LogP contribution in [0.4, 0.5) is 0 Å². The molecule has 0 amide bonds. The van der Waals surface area contributed by atoms with Gasteiger partial charge in [-0.05, 0) is 77.1 Å². The Kier molecular flexibility index (Phi) is 9.19. The number of rotatable bonds is 6. The van der Waals surface area contributed by atoms with E-state index in [1.54, 1.807) is 0 Å². The van der Waals surface area contributed by atoms with Crippen LogP contribution in [-0.2, 0) is 32.9 Å². The molecule has 3 aromatic heterocycles. The van der Waals surface area contributed by atoms with E-state index in [0.717, 1.165) is 56.9 Å². The van der Waals surface area contributed by atoms with E-state index in [2.05, 4.69) is 126 Å². The van der Waals surface area contributed by atoms with Crippen molar-refractivity contribution in [1.29, 1.82) is 0 Å². The number of benzene rings is 4. The molecule has 0 spiro atoms. The van der Waals surface area contributed by atoms with Gasteiger partial charge in [0.15, 0.2) is 0 Å². The average molecular weight is 826 g/mol. The fourth-order valence-corrected chi connectivity index (χ4v) is 6.64. The van der Waals surface area contributed by atoms with Crippen molar-refractivity contribution in [3.63, 3.8) is 0 Å². The second-order valence-corrected chi connectivity index (χ2v) is 15.0. The van der Waals surface area contributed by atoms with Crippen LogP contribution >= 0.6 is 0 Å². The molecule has 250 valence electrons. The monoisotopic (exact) mass is 825 g/mol. The number of aryl methyl sites for hydroxylation is 1. The number of aromatic nitrogens is 4. The Labute approximate surface area is 304 Å². The molecule has 0 saturated heterocycles. The summed E-state index contributed by atoms with van der Waals surface area (Å²) in [5, 5.41) is 7.18. The Morgan fingerprint density at radius 3 is 2.24 bits per heavy atom. The predicted octanol–water partition coefficient (Wildman–Crippen LogP) is 10.9. The minimum atomic E-state index is -0.0114. The fourth-order valence-electron chi connectivity index (χ4n) is 6.64. The summed E-state index contributed by atoms with van der Waals surface area (Å²) in [5.74, 6) is 2.08. The SMILES string of the molecule is Cc1nn(-c2[c-]c(Oc3[c-]c4c(cc3)c3cc(CC(C)(C)C)ccc3n4-c3cc(C(C)(C)C)ccn3)ccc2)c(C)c1-c1ccccc1.[Pt+2]. The van der Waals surface area contributed by atoms with Crippen LogP contribution in [0.3, 0.4) is 0 Å². The van der Waals surface area contributed by atoms with Gasteiger partial charge in [0.05, 0.1) is 5.69 Å². The number of hydrogen-bond donors (Lipinski definition) is 0. The Morgan fingerprint density at radius 1 is 0.755 bits per heavy atom. The fraction of sp³-hybridized carbons (Fsp3) is 0.256. The molecule has 0 atom stereocenters. The molecule has 5 nitrogen and oxygen atoms in total. The minimum Gasteiger partial charge on any atom is -0.509 e. The van der Waals surface area contributed by atoms with Gasteiger partial charge in [0, 0.05) is 34.5 Å². The standard InChI is InChI=1S/C43H42N4O.Pt/c1-28-41(31-13-10-9-11-14-31)29(2)47(45-28)33-15-12-16-34(25-33)48-35-18-19-36-37-23-30(27-42(3,4)5)17-20-38(37)46(39(36)26-35)40-24-32(21-22-44-40)43(6,7)8;/h9-24H,27H2,1-8H3;/q-2;+2. The van der Waals surface area contributed by atoms with Crippen molar-refractivity contribution < 1.29 is 25.8 Å². The molecule has 49 heavy (non-hydrogen) atoms. The maximum atomic E-state index is 6.48. The van der Waals surface area contributed by atoms with Crippen LogP contribution in [0.1, 0.15) is 64.1 Å². The molecular formula is C43H42N4OPt. The second kappa shape index (κ2) is 13.1. The normalized spacial score (nSPS) is 12.0. The summed E-state index contributed by atoms with van der Waals surface area (Å²) in [4.78, 5) is 4.86. The van der Waals surface area contributed by atoms with E-state index in [9.17, 15) is 0 Å². The zero-order valence-electron chi connectivity index (χ0n) is 29.5. The Bertz CT molecular complexity index is 2280. The maximum absolute atomic E-state index is 6.48. The van der Waals surface area contributed by atoms with Crippen LogP contribution in [-0.4, -0.2) is 19.3 Å². The van der Waals surface area contributed by atoms with E-state index in [0.29, 0.717) is 11.5 Å². The van der Waals surface area contributed by atoms with Gasteiger partial charge in [-0.1, -0.05) is 89.5 Å². The largest absolute Gasteiger partial charge is 2.00 e. The minimum absolute atomic E-state index is 0. The molecule has 3 heterocycles. The quantitative estimate of drug-likeness (QED) is 0.157. The van der Waals surface area contributed by atoms with Gasteiger partial charge in [0.2, 0.25) is 0 Å². The summed E-state index contributed by atoms with van der Waals surface area (Å²) in [6.07, 6.45) is 2.90. The third-order valence-corrected chi connectivity index (χ3v) is 8.84. The van der Waals surface area contributed by atoms with Crippen molar-refractivity contribution in [2.24, 2.45) is 5.41 Å². The summed E-state index contributed by atoms with van der Waals surface area (Å²) >= 11 is 0. The van der Waals surface area contributed by atoms with Crippen LogP contribution < -0.4 is 4.74 Å². The number of hydrogen-bond acceptors (Lipinski definition) is 3. The summed E-state index contributed by atoms with van der Waals surface area (Å²) in [5.41, 5.74) is 9.88. The molecule has 7 aromatic rings. The van der Waals surface area contributed by atoms with Crippen molar-refractivity contribution in [1.82, 2.24) is 19.3 Å². The molecule has 0 aliphatic rings. The summed E-state index contributed by atoms with van der Waals surface area (Å²) in [7, 11) is 0. The predicted molar refractivity (Wildman–Crippen MR) is 197 cm³/mol. The Hall–Kier alpha value is -4.47. The van der Waals surface area contributed by atoms with Gasteiger partial charge in [-0.2, -0.15) is 17.2 Å². The van der Waals surface area contributed by atoms with Crippen LogP contribution in [0, 0.1) is 31.4 Å². The van der Waals surface area contributed by atoms with Crippen molar-refractivity contribution in [3.05, 3.63) is 132 Å². The van der Waals surface area contributed by atoms with Crippen molar-refractivity contribution in [3.8, 4) is 34.1 Å². The number of fused-ring (bicyclic) bond motifs is 3. The van der Waals surface area contributed by atoms with Crippen molar-refractivity contribution in [2.75, 3.05) is 0 Å². The maximum Gasteiger partial charge on any atom is 2.00 e. The smallest absolute Gasteiger partial charge is 0.509 e. The van der Waals surface area contributed by atoms with Crippen molar-refractivity contribution in [2.45, 2.75) is 67.2 Å². The van der Waals surface area contributed by atoms with Gasteiger partial charge < -0.3 is 9.30 Å². The van der Waals surface area contributed by atoms with Crippen LogP contribution in [0.15, 0.2) is 97.2 Å². The van der Waals surface area contributed by atoms with Crippen molar-refractivity contribution >= 4 is 21.8 Å². The number of nitrogens with zero attached hydrogens (tertiary/aromatic N) is 4. The molecule has 4 aromatic carbocycles. The molecule has 6 heteroatoms. The summed E-state index contributed by atoms with van der Waals surface area (Å²) < 4.78 is 10.6.